The zero-order valence-corrected chi connectivity index (χ0v) is 20.6. The van der Waals surface area contributed by atoms with Crippen molar-refractivity contribution < 1.29 is 19.3 Å². The van der Waals surface area contributed by atoms with E-state index in [0.29, 0.717) is 28.5 Å². The van der Waals surface area contributed by atoms with Crippen molar-refractivity contribution >= 4 is 28.6 Å². The molecule has 0 amide bonds. The molecule has 2 bridgehead atoms. The van der Waals surface area contributed by atoms with E-state index in [9.17, 15) is 14.6 Å². The summed E-state index contributed by atoms with van der Waals surface area (Å²) in [4.78, 5) is 12.3. The van der Waals surface area contributed by atoms with Gasteiger partial charge in [-0.05, 0) is 65.0 Å². The van der Waals surface area contributed by atoms with Gasteiger partial charge in [0.15, 0.2) is 5.82 Å². The average molecular weight is 492 g/mol. The first-order valence-electron chi connectivity index (χ1n) is 11.5. The summed E-state index contributed by atoms with van der Waals surface area (Å²) >= 11 is 6.15. The lowest BCUT2D eigenvalue weighted by Crippen LogP contribution is -2.43. The Bertz CT molecular complexity index is 1190. The number of rotatable bonds is 3. The second-order valence-corrected chi connectivity index (χ2v) is 10.2. The van der Waals surface area contributed by atoms with Crippen LogP contribution in [0, 0.1) is 11.7 Å². The third kappa shape index (κ3) is 4.88. The zero-order valence-electron chi connectivity index (χ0n) is 19.8. The highest BCUT2D eigenvalue weighted by atomic mass is 35.5. The van der Waals surface area contributed by atoms with Gasteiger partial charge < -0.3 is 25.3 Å². The van der Waals surface area contributed by atoms with Crippen LogP contribution in [0.2, 0.25) is 5.02 Å². The fourth-order valence-electron chi connectivity index (χ4n) is 4.64. The third-order valence-electron chi connectivity index (χ3n) is 6.26. The van der Waals surface area contributed by atoms with Crippen LogP contribution >= 0.6 is 11.6 Å². The summed E-state index contributed by atoms with van der Waals surface area (Å²) in [5.41, 5.74) is 5.96. The predicted octanol–water partition coefficient (Wildman–Crippen LogP) is 4.22. The van der Waals surface area contributed by atoms with Gasteiger partial charge in [0.2, 0.25) is 5.95 Å². The van der Waals surface area contributed by atoms with E-state index >= 15 is 0 Å². The molecular formula is C24H31ClFN5O3. The van der Waals surface area contributed by atoms with E-state index in [1.54, 1.807) is 24.5 Å². The normalized spacial score (nSPS) is 22.2. The topological polar surface area (TPSA) is 119 Å². The molecule has 3 aromatic rings. The summed E-state index contributed by atoms with van der Waals surface area (Å²) in [6.07, 6.45) is 4.72. The summed E-state index contributed by atoms with van der Waals surface area (Å²) in [6.45, 7) is 8.01. The number of aliphatic hydroxyl groups excluding tert-OH is 1. The van der Waals surface area contributed by atoms with Crippen molar-refractivity contribution in [1.82, 2.24) is 19.5 Å². The maximum atomic E-state index is 14.7. The maximum absolute atomic E-state index is 14.7. The lowest BCUT2D eigenvalue weighted by atomic mass is 9.83. The number of halogens is 2. The van der Waals surface area contributed by atoms with E-state index in [4.69, 9.17) is 22.1 Å². The average Bonchev–Trinajstić information content (AvgIpc) is 3.18. The lowest BCUT2D eigenvalue weighted by molar-refractivity contribution is -0.134. The number of aliphatic hydroxyl groups is 2. The summed E-state index contributed by atoms with van der Waals surface area (Å²) in [5, 5.41) is 20.0. The number of hydrogen-bond donors (Lipinski definition) is 3. The van der Waals surface area contributed by atoms with Crippen LogP contribution in [0.15, 0.2) is 18.3 Å². The van der Waals surface area contributed by atoms with Crippen molar-refractivity contribution in [2.24, 2.45) is 5.92 Å². The number of fused-ring (bicyclic) bond motifs is 4. The van der Waals surface area contributed by atoms with Gasteiger partial charge in [-0.3, -0.25) is 0 Å². The first-order chi connectivity index (χ1) is 16.0. The number of anilines is 1. The number of nitrogen functional groups attached to an aromatic ring is 1. The molecule has 1 saturated carbocycles. The fraction of sp³-hybridized carbons (Fsp3) is 0.542. The van der Waals surface area contributed by atoms with Crippen molar-refractivity contribution in [3.05, 3.63) is 35.0 Å². The standard InChI is InChI=1S/C17H19ClFN5O.C7H12O2/c1-8(2)24-12-6-9(13-10(18)7-21-16(20)23-13)5-11(19)14(12)22-15(24)17(3,4)25;8-6-3-5-1-2-7(6)9-4-5/h5-8,25H,1-4H3,(H2,20,21,23);5-8H,1-4H2. The third-order valence-corrected chi connectivity index (χ3v) is 6.53. The van der Waals surface area contributed by atoms with Gasteiger partial charge in [-0.25, -0.2) is 19.3 Å². The first-order valence-corrected chi connectivity index (χ1v) is 11.9. The van der Waals surface area contributed by atoms with E-state index < -0.39 is 11.4 Å². The monoisotopic (exact) mass is 491 g/mol. The number of ether oxygens (including phenoxy) is 1. The van der Waals surface area contributed by atoms with Crippen LogP contribution in [-0.4, -0.2) is 48.5 Å². The minimum atomic E-state index is -1.22. The van der Waals surface area contributed by atoms with Gasteiger partial charge in [-0.1, -0.05) is 11.6 Å². The van der Waals surface area contributed by atoms with Gasteiger partial charge in [0.05, 0.1) is 34.6 Å². The van der Waals surface area contributed by atoms with Gasteiger partial charge in [-0.15, -0.1) is 0 Å². The Morgan fingerprint density at radius 2 is 2.00 bits per heavy atom. The first kappa shape index (κ1) is 24.8. The molecule has 3 aliphatic rings. The molecule has 2 aromatic heterocycles. The summed E-state index contributed by atoms with van der Waals surface area (Å²) in [5.74, 6) is 0.576. The van der Waals surface area contributed by atoms with Crippen LogP contribution in [0.1, 0.15) is 58.8 Å². The van der Waals surface area contributed by atoms with Crippen molar-refractivity contribution in [1.29, 1.82) is 0 Å². The summed E-state index contributed by atoms with van der Waals surface area (Å²) in [7, 11) is 0. The molecule has 34 heavy (non-hydrogen) atoms. The summed E-state index contributed by atoms with van der Waals surface area (Å²) < 4.78 is 21.9. The Balaban J connectivity index is 0.000000252. The maximum Gasteiger partial charge on any atom is 0.220 e. The van der Waals surface area contributed by atoms with Crippen molar-refractivity contribution in [2.45, 2.75) is 70.8 Å². The highest BCUT2D eigenvalue weighted by molar-refractivity contribution is 6.33. The molecule has 4 heterocycles. The molecule has 10 heteroatoms. The second kappa shape index (κ2) is 9.37. The molecule has 6 rings (SSSR count). The van der Waals surface area contributed by atoms with Gasteiger partial charge in [0.25, 0.3) is 0 Å². The van der Waals surface area contributed by atoms with Crippen LogP contribution in [0.3, 0.4) is 0 Å². The number of nitrogens with zero attached hydrogens (tertiary/aromatic N) is 4. The van der Waals surface area contributed by atoms with E-state index in [1.807, 2.05) is 13.8 Å². The Morgan fingerprint density at radius 1 is 1.26 bits per heavy atom. The van der Waals surface area contributed by atoms with Crippen LogP contribution in [0.4, 0.5) is 10.3 Å². The number of benzene rings is 1. The Hall–Kier alpha value is -2.33. The molecule has 3 fully saturated rings. The highest BCUT2D eigenvalue weighted by Crippen LogP contribution is 2.35. The fourth-order valence-corrected chi connectivity index (χ4v) is 4.84. The van der Waals surface area contributed by atoms with Gasteiger partial charge >= 0.3 is 0 Å². The van der Waals surface area contributed by atoms with Gasteiger partial charge in [-0.2, -0.15) is 0 Å². The van der Waals surface area contributed by atoms with E-state index in [1.165, 1.54) is 18.7 Å². The number of nitrogens with two attached hydrogens (primary N) is 1. The van der Waals surface area contributed by atoms with Gasteiger partial charge in [0, 0.05) is 18.2 Å². The van der Waals surface area contributed by atoms with Crippen molar-refractivity contribution in [3.8, 4) is 11.3 Å². The molecule has 2 saturated heterocycles. The number of aromatic nitrogens is 4. The molecule has 1 aromatic carbocycles. The van der Waals surface area contributed by atoms with Crippen LogP contribution in [0.5, 0.6) is 0 Å². The SMILES string of the molecule is CC(C)n1c(C(C)(C)O)nc2c(F)cc(-c3nc(N)ncc3Cl)cc21.OC1CC2CCC1OC2. The minimum Gasteiger partial charge on any atom is -0.390 e. The van der Waals surface area contributed by atoms with Crippen molar-refractivity contribution in [2.75, 3.05) is 12.3 Å². The van der Waals surface area contributed by atoms with E-state index in [-0.39, 0.29) is 34.7 Å². The van der Waals surface area contributed by atoms with Crippen molar-refractivity contribution in [3.63, 3.8) is 0 Å². The molecule has 2 aliphatic heterocycles. The number of hydrogen-bond acceptors (Lipinski definition) is 7. The summed E-state index contributed by atoms with van der Waals surface area (Å²) in [6, 6.07) is 3.02. The largest absolute Gasteiger partial charge is 0.390 e. The van der Waals surface area contributed by atoms with Gasteiger partial charge in [0.1, 0.15) is 16.9 Å². The Morgan fingerprint density at radius 3 is 2.50 bits per heavy atom. The Labute approximate surface area is 202 Å². The minimum absolute atomic E-state index is 0.0352. The smallest absolute Gasteiger partial charge is 0.220 e. The van der Waals surface area contributed by atoms with E-state index in [0.717, 1.165) is 19.4 Å². The molecule has 0 radical (unpaired) electrons. The highest BCUT2D eigenvalue weighted by Gasteiger charge is 2.35. The molecule has 0 spiro atoms. The predicted molar refractivity (Wildman–Crippen MR) is 129 cm³/mol. The van der Waals surface area contributed by atoms with Crippen LogP contribution in [-0.2, 0) is 10.3 Å². The second-order valence-electron chi connectivity index (χ2n) is 9.83. The Kier molecular flexibility index (Phi) is 6.83. The molecular weight excluding hydrogens is 461 g/mol. The zero-order chi connectivity index (χ0) is 24.8. The molecule has 3 unspecified atom stereocenters. The molecule has 1 aliphatic carbocycles. The molecule has 4 N–H and O–H groups in total. The van der Waals surface area contributed by atoms with E-state index in [2.05, 4.69) is 15.0 Å². The lowest BCUT2D eigenvalue weighted by Gasteiger charge is -2.39. The quantitative estimate of drug-likeness (QED) is 0.501. The number of imidazole rings is 1. The molecule has 8 nitrogen and oxygen atoms in total. The van der Waals surface area contributed by atoms with Crippen LogP contribution in [0.25, 0.3) is 22.3 Å². The molecule has 184 valence electrons. The van der Waals surface area contributed by atoms with Crippen LogP contribution < -0.4 is 5.73 Å². The molecule has 3 atom stereocenters.